The Morgan fingerprint density at radius 1 is 0.833 bits per heavy atom. The molecule has 12 heavy (non-hydrogen) atoms. The molecule has 0 unspecified atom stereocenters. The molecule has 0 N–H and O–H groups in total. The van der Waals surface area contributed by atoms with E-state index in [0.717, 1.165) is 0 Å². The normalized spacial score (nSPS) is 17.8. The smallest absolute Gasteiger partial charge is 0.147 e. The van der Waals surface area contributed by atoms with E-state index in [0.29, 0.717) is 11.8 Å². The summed E-state index contributed by atoms with van der Waals surface area (Å²) in [6.07, 6.45) is 15.1. The van der Waals surface area contributed by atoms with Crippen LogP contribution in [0.5, 0.6) is 0 Å². The fraction of sp³-hybridized carbons (Fsp3) is 0.600. The molecule has 2 aliphatic rings. The predicted octanol–water partition coefficient (Wildman–Crippen LogP) is 1.56. The van der Waals surface area contributed by atoms with E-state index >= 15 is 0 Å². The van der Waals surface area contributed by atoms with Crippen molar-refractivity contribution in [1.82, 2.24) is 0 Å². The molecule has 0 amide bonds. The van der Waals surface area contributed by atoms with E-state index in [4.69, 9.17) is 12.8 Å². The Bertz CT molecular complexity index is 157. The summed E-state index contributed by atoms with van der Waals surface area (Å²) >= 11 is 0. The molecule has 0 aromatic carbocycles. The van der Waals surface area contributed by atoms with E-state index < -0.39 is 0 Å². The van der Waals surface area contributed by atoms with Crippen LogP contribution in [0.15, 0.2) is 0 Å². The number of rotatable bonds is 0. The van der Waals surface area contributed by atoms with Gasteiger partial charge in [0.25, 0.3) is 0 Å². The van der Waals surface area contributed by atoms with Gasteiger partial charge >= 0.3 is 23.1 Å². The van der Waals surface area contributed by atoms with Gasteiger partial charge in [0.15, 0.2) is 0 Å². The number of hydrogen-bond acceptors (Lipinski definition) is 0. The molecule has 2 saturated carbocycles. The molecule has 2 fully saturated rings. The van der Waals surface area contributed by atoms with Crippen molar-refractivity contribution in [3.8, 4) is 24.7 Å². The minimum atomic E-state index is 0. The van der Waals surface area contributed by atoms with Crippen LogP contribution in [-0.2, 0) is 0 Å². The van der Waals surface area contributed by atoms with Gasteiger partial charge in [-0.2, -0.15) is 0 Å². The maximum Gasteiger partial charge on any atom is 0.316 e. The van der Waals surface area contributed by atoms with Gasteiger partial charge in [0.1, 0.15) is 0 Å². The fourth-order valence-electron chi connectivity index (χ4n) is 0.500. The summed E-state index contributed by atoms with van der Waals surface area (Å²) in [5.74, 6) is 6.60. The van der Waals surface area contributed by atoms with Crippen LogP contribution in [0.3, 0.4) is 0 Å². The summed E-state index contributed by atoms with van der Waals surface area (Å²) in [7, 11) is 0. The van der Waals surface area contributed by atoms with Gasteiger partial charge in [-0.05, 0) is 25.7 Å². The summed E-state index contributed by atoms with van der Waals surface area (Å²) in [6.45, 7) is 0. The molecular formula is C10H15ClMg. The lowest BCUT2D eigenvalue weighted by Crippen LogP contribution is -1.52. The van der Waals surface area contributed by atoms with Crippen LogP contribution in [0.25, 0.3) is 0 Å². The summed E-state index contributed by atoms with van der Waals surface area (Å²) in [6, 6.07) is 0. The Morgan fingerprint density at radius 3 is 1.08 bits per heavy atom. The molecule has 0 aromatic rings. The highest BCUT2D eigenvalue weighted by Crippen LogP contribution is 2.27. The minimum absolute atomic E-state index is 0. The van der Waals surface area contributed by atoms with E-state index in [1.54, 1.807) is 0 Å². The first-order valence-corrected chi connectivity index (χ1v) is 3.79. The van der Waals surface area contributed by atoms with Crippen molar-refractivity contribution in [1.29, 1.82) is 0 Å². The predicted molar refractivity (Wildman–Crippen MR) is 58.9 cm³/mol. The van der Waals surface area contributed by atoms with Crippen molar-refractivity contribution < 1.29 is 0 Å². The van der Waals surface area contributed by atoms with Crippen LogP contribution in [-0.4, -0.2) is 23.1 Å². The molecule has 64 valence electrons. The van der Waals surface area contributed by atoms with E-state index in [1.807, 2.05) is 0 Å². The van der Waals surface area contributed by atoms with Crippen LogP contribution in [0.4, 0.5) is 0 Å². The van der Waals surface area contributed by atoms with Gasteiger partial charge in [-0.3, -0.25) is 0 Å². The maximum atomic E-state index is 4.98. The van der Waals surface area contributed by atoms with Crippen molar-refractivity contribution in [3.05, 3.63) is 0 Å². The van der Waals surface area contributed by atoms with E-state index in [1.165, 1.54) is 25.7 Å². The van der Waals surface area contributed by atoms with E-state index in [9.17, 15) is 0 Å². The largest absolute Gasteiger partial charge is 0.316 e. The molecular weight excluding hydrogens is 180 g/mol. The Labute approximate surface area is 97.4 Å². The molecule has 2 aliphatic carbocycles. The molecule has 0 spiro atoms. The van der Waals surface area contributed by atoms with Crippen molar-refractivity contribution >= 4 is 35.5 Å². The van der Waals surface area contributed by atoms with Crippen LogP contribution >= 0.6 is 12.4 Å². The van der Waals surface area contributed by atoms with Crippen LogP contribution < -0.4 is 0 Å². The SMILES string of the molecule is C#CC1CC1.C#CC1CC1.Cl.[MgH2]. The zero-order valence-electron chi connectivity index (χ0n) is 6.55. The number of hydrogen-bond donors (Lipinski definition) is 0. The van der Waals surface area contributed by atoms with Gasteiger partial charge in [0.05, 0.1) is 0 Å². The van der Waals surface area contributed by atoms with E-state index in [-0.39, 0.29) is 35.5 Å². The average Bonchev–Trinajstić information content (AvgIpc) is 2.86. The average molecular weight is 195 g/mol. The Balaban J connectivity index is 0. The standard InChI is InChI=1S/2C5H6.ClH.Mg.2H/c2*1-2-5-3-4-5;;;;/h2*1,5H,3-4H2;1H;;;. The number of halogens is 1. The van der Waals surface area contributed by atoms with Crippen molar-refractivity contribution in [2.45, 2.75) is 25.7 Å². The monoisotopic (exact) mass is 194 g/mol. The first kappa shape index (κ1) is 14.7. The highest BCUT2D eigenvalue weighted by atomic mass is 35.5. The van der Waals surface area contributed by atoms with Crippen molar-refractivity contribution in [2.24, 2.45) is 11.8 Å². The molecule has 2 rings (SSSR count). The van der Waals surface area contributed by atoms with Gasteiger partial charge < -0.3 is 0 Å². The van der Waals surface area contributed by atoms with Crippen LogP contribution in [0.2, 0.25) is 0 Å². The van der Waals surface area contributed by atoms with Crippen molar-refractivity contribution in [3.63, 3.8) is 0 Å². The number of terminal acetylenes is 2. The summed E-state index contributed by atoms with van der Waals surface area (Å²) < 4.78 is 0. The molecule has 0 saturated heterocycles. The van der Waals surface area contributed by atoms with Gasteiger partial charge in [-0.25, -0.2) is 0 Å². The molecule has 0 atom stereocenters. The zero-order chi connectivity index (χ0) is 7.40. The summed E-state index contributed by atoms with van der Waals surface area (Å²) in [5, 5.41) is 0. The van der Waals surface area contributed by atoms with Gasteiger partial charge in [-0.15, -0.1) is 37.1 Å². The molecule has 0 bridgehead atoms. The summed E-state index contributed by atoms with van der Waals surface area (Å²) in [4.78, 5) is 0. The zero-order valence-corrected chi connectivity index (χ0v) is 7.36. The second kappa shape index (κ2) is 7.81. The van der Waals surface area contributed by atoms with Gasteiger partial charge in [0.2, 0.25) is 0 Å². The highest BCUT2D eigenvalue weighted by molar-refractivity contribution is 5.85. The Kier molecular flexibility index (Phi) is 9.55. The third-order valence-corrected chi connectivity index (χ3v) is 1.63. The van der Waals surface area contributed by atoms with Crippen LogP contribution in [0.1, 0.15) is 25.7 Å². The molecule has 0 heterocycles. The second-order valence-electron chi connectivity index (χ2n) is 2.88. The summed E-state index contributed by atoms with van der Waals surface area (Å²) in [5.41, 5.74) is 0. The first-order chi connectivity index (χ1) is 4.86. The van der Waals surface area contributed by atoms with Crippen LogP contribution in [0, 0.1) is 36.5 Å². The highest BCUT2D eigenvalue weighted by Gasteiger charge is 2.17. The third-order valence-electron chi connectivity index (χ3n) is 1.63. The molecule has 2 heteroatoms. The lowest BCUT2D eigenvalue weighted by atomic mass is 10.5. The maximum absolute atomic E-state index is 4.98. The molecule has 0 aliphatic heterocycles. The third kappa shape index (κ3) is 8.27. The Morgan fingerprint density at radius 2 is 1.08 bits per heavy atom. The second-order valence-corrected chi connectivity index (χ2v) is 2.88. The fourth-order valence-corrected chi connectivity index (χ4v) is 0.500. The van der Waals surface area contributed by atoms with E-state index in [2.05, 4.69) is 11.8 Å². The molecule has 0 aromatic heterocycles. The van der Waals surface area contributed by atoms with Crippen molar-refractivity contribution in [2.75, 3.05) is 0 Å². The van der Waals surface area contributed by atoms with Gasteiger partial charge in [0, 0.05) is 11.8 Å². The Hall–Kier alpha value is 0.176. The lowest BCUT2D eigenvalue weighted by molar-refractivity contribution is 1.18. The minimum Gasteiger partial charge on any atom is -0.147 e. The molecule has 0 radical (unpaired) electrons. The quantitative estimate of drug-likeness (QED) is 0.406. The topological polar surface area (TPSA) is 0 Å². The van der Waals surface area contributed by atoms with Gasteiger partial charge in [-0.1, -0.05) is 0 Å². The lowest BCUT2D eigenvalue weighted by Gasteiger charge is -1.57. The first-order valence-electron chi connectivity index (χ1n) is 3.79. The molecule has 0 nitrogen and oxygen atoms in total.